The molecule has 2 heterocycles. The minimum absolute atomic E-state index is 0.199. The van der Waals surface area contributed by atoms with Gasteiger partial charge in [0.15, 0.2) is 0 Å². The molecule has 0 atom stereocenters. The fourth-order valence-corrected chi connectivity index (χ4v) is 1.77. The number of rotatable bonds is 2. The monoisotopic (exact) mass is 280 g/mol. The summed E-state index contributed by atoms with van der Waals surface area (Å²) >= 11 is 3.16. The maximum atomic E-state index is 11.4. The highest BCUT2D eigenvalue weighted by molar-refractivity contribution is 9.10. The van der Waals surface area contributed by atoms with E-state index in [4.69, 9.17) is 5.73 Å². The Kier molecular flexibility index (Phi) is 3.00. The van der Waals surface area contributed by atoms with Crippen LogP contribution in [0.5, 0.6) is 0 Å². The van der Waals surface area contributed by atoms with Gasteiger partial charge in [0.05, 0.1) is 16.7 Å². The van der Waals surface area contributed by atoms with E-state index in [1.165, 1.54) is 0 Å². The van der Waals surface area contributed by atoms with Gasteiger partial charge in [0.1, 0.15) is 5.82 Å². The summed E-state index contributed by atoms with van der Waals surface area (Å²) in [5.74, 6) is 0.664. The Hall–Kier alpha value is -1.69. The van der Waals surface area contributed by atoms with Crippen molar-refractivity contribution in [2.24, 2.45) is 0 Å². The van der Waals surface area contributed by atoms with E-state index in [0.29, 0.717) is 16.8 Å². The maximum absolute atomic E-state index is 11.4. The average Bonchev–Trinajstić information content (AvgIpc) is 2.27. The molecular weight excluding hydrogens is 272 g/mol. The van der Waals surface area contributed by atoms with Gasteiger partial charge in [0.2, 0.25) is 5.43 Å². The molecule has 0 saturated heterocycles. The van der Waals surface area contributed by atoms with Crippen molar-refractivity contribution in [3.8, 4) is 0 Å². The van der Waals surface area contributed by atoms with E-state index in [1.54, 1.807) is 35.4 Å². The molecule has 0 radical (unpaired) electrons. The van der Waals surface area contributed by atoms with E-state index in [-0.39, 0.29) is 11.1 Å². The molecule has 2 aromatic rings. The van der Waals surface area contributed by atoms with Gasteiger partial charge in [-0.25, -0.2) is 9.97 Å². The number of aromatic nitrogens is 3. The molecule has 2 rings (SSSR count). The third-order valence-corrected chi connectivity index (χ3v) is 2.57. The fraction of sp³-hybridized carbons (Fsp3) is 0.100. The van der Waals surface area contributed by atoms with E-state index in [0.717, 1.165) is 0 Å². The zero-order valence-corrected chi connectivity index (χ0v) is 9.89. The SMILES string of the molecule is Nc1cn(Cc2ncccn2)cc(Br)c1=O. The molecule has 0 unspecified atom stereocenters. The van der Waals surface area contributed by atoms with Gasteiger partial charge in [0.25, 0.3) is 0 Å². The van der Waals surface area contributed by atoms with E-state index in [2.05, 4.69) is 25.9 Å². The molecule has 0 aliphatic heterocycles. The van der Waals surface area contributed by atoms with Gasteiger partial charge in [-0.2, -0.15) is 0 Å². The minimum Gasteiger partial charge on any atom is -0.394 e. The van der Waals surface area contributed by atoms with Crippen LogP contribution in [0.25, 0.3) is 0 Å². The molecule has 0 amide bonds. The minimum atomic E-state index is -0.203. The van der Waals surface area contributed by atoms with Gasteiger partial charge in [-0.1, -0.05) is 0 Å². The smallest absolute Gasteiger partial charge is 0.218 e. The van der Waals surface area contributed by atoms with Gasteiger partial charge in [-0.15, -0.1) is 0 Å². The molecule has 0 saturated carbocycles. The number of hydrogen-bond acceptors (Lipinski definition) is 4. The average molecular weight is 281 g/mol. The highest BCUT2D eigenvalue weighted by atomic mass is 79.9. The standard InChI is InChI=1S/C10H9BrN4O/c11-7-4-15(5-8(12)10(7)16)6-9-13-2-1-3-14-9/h1-5H,6,12H2. The lowest BCUT2D eigenvalue weighted by Gasteiger charge is -2.06. The lowest BCUT2D eigenvalue weighted by Crippen LogP contribution is -2.14. The molecule has 0 fully saturated rings. The molecule has 5 nitrogen and oxygen atoms in total. The second-order valence-electron chi connectivity index (χ2n) is 3.23. The molecule has 0 bridgehead atoms. The van der Waals surface area contributed by atoms with Crippen molar-refractivity contribution in [3.05, 3.63) is 51.4 Å². The first-order chi connectivity index (χ1) is 7.66. The summed E-state index contributed by atoms with van der Waals surface area (Å²) in [6, 6.07) is 1.75. The largest absolute Gasteiger partial charge is 0.394 e. The number of nitrogen functional groups attached to an aromatic ring is 1. The number of nitrogens with zero attached hydrogens (tertiary/aromatic N) is 3. The molecule has 0 aliphatic carbocycles. The normalized spacial score (nSPS) is 10.3. The molecule has 82 valence electrons. The molecule has 0 aliphatic rings. The Morgan fingerprint density at radius 3 is 2.62 bits per heavy atom. The zero-order valence-electron chi connectivity index (χ0n) is 8.30. The van der Waals surface area contributed by atoms with Gasteiger partial charge in [0, 0.05) is 24.8 Å². The number of halogens is 1. The van der Waals surface area contributed by atoms with Crippen molar-refractivity contribution in [1.29, 1.82) is 0 Å². The second kappa shape index (κ2) is 4.44. The summed E-state index contributed by atoms with van der Waals surface area (Å²) in [6.07, 6.45) is 6.57. The summed E-state index contributed by atoms with van der Waals surface area (Å²) in [7, 11) is 0. The van der Waals surface area contributed by atoms with E-state index >= 15 is 0 Å². The van der Waals surface area contributed by atoms with Crippen molar-refractivity contribution < 1.29 is 0 Å². The first-order valence-corrected chi connectivity index (χ1v) is 5.37. The van der Waals surface area contributed by atoms with Crippen molar-refractivity contribution in [3.63, 3.8) is 0 Å². The van der Waals surface area contributed by atoms with Crippen LogP contribution in [-0.4, -0.2) is 14.5 Å². The van der Waals surface area contributed by atoms with Crippen LogP contribution in [0.4, 0.5) is 5.69 Å². The molecule has 2 aromatic heterocycles. The Balaban J connectivity index is 2.33. The Bertz CT molecular complexity index is 526. The van der Waals surface area contributed by atoms with E-state index < -0.39 is 0 Å². The molecule has 0 spiro atoms. The predicted molar refractivity (Wildman–Crippen MR) is 63.9 cm³/mol. The van der Waals surface area contributed by atoms with Crippen LogP contribution in [0, 0.1) is 0 Å². The summed E-state index contributed by atoms with van der Waals surface area (Å²) in [5.41, 5.74) is 5.57. The van der Waals surface area contributed by atoms with Crippen molar-refractivity contribution >= 4 is 21.6 Å². The van der Waals surface area contributed by atoms with Gasteiger partial charge in [-0.3, -0.25) is 4.79 Å². The molecular formula is C10H9BrN4O. The summed E-state index contributed by atoms with van der Waals surface area (Å²) in [4.78, 5) is 19.5. The van der Waals surface area contributed by atoms with Crippen LogP contribution < -0.4 is 11.2 Å². The highest BCUT2D eigenvalue weighted by Gasteiger charge is 2.03. The van der Waals surface area contributed by atoms with Crippen LogP contribution in [0.1, 0.15) is 5.82 Å². The Morgan fingerprint density at radius 1 is 1.31 bits per heavy atom. The lowest BCUT2D eigenvalue weighted by atomic mass is 10.4. The van der Waals surface area contributed by atoms with Crippen LogP contribution in [0.15, 0.2) is 40.1 Å². The predicted octanol–water partition coefficient (Wildman–Crippen LogP) is 1.03. The summed E-state index contributed by atoms with van der Waals surface area (Å²) in [5, 5.41) is 0. The van der Waals surface area contributed by atoms with Crippen LogP contribution in [0.3, 0.4) is 0 Å². The number of pyridine rings is 1. The lowest BCUT2D eigenvalue weighted by molar-refractivity contribution is 0.736. The topological polar surface area (TPSA) is 73.8 Å². The van der Waals surface area contributed by atoms with Crippen LogP contribution >= 0.6 is 15.9 Å². The van der Waals surface area contributed by atoms with Crippen molar-refractivity contribution in [1.82, 2.24) is 14.5 Å². The van der Waals surface area contributed by atoms with Crippen LogP contribution in [0.2, 0.25) is 0 Å². The van der Waals surface area contributed by atoms with Crippen molar-refractivity contribution in [2.45, 2.75) is 6.54 Å². The summed E-state index contributed by atoms with van der Waals surface area (Å²) < 4.78 is 2.19. The number of hydrogen-bond donors (Lipinski definition) is 1. The Labute approximate surface area is 100 Å². The fourth-order valence-electron chi connectivity index (χ4n) is 1.28. The van der Waals surface area contributed by atoms with Crippen molar-refractivity contribution in [2.75, 3.05) is 5.73 Å². The first kappa shape index (κ1) is 10.8. The van der Waals surface area contributed by atoms with E-state index in [9.17, 15) is 4.79 Å². The second-order valence-corrected chi connectivity index (χ2v) is 4.08. The quantitative estimate of drug-likeness (QED) is 0.892. The highest BCUT2D eigenvalue weighted by Crippen LogP contribution is 2.07. The third-order valence-electron chi connectivity index (χ3n) is 2.01. The zero-order chi connectivity index (χ0) is 11.5. The third kappa shape index (κ3) is 2.27. The molecule has 16 heavy (non-hydrogen) atoms. The van der Waals surface area contributed by atoms with Crippen LogP contribution in [-0.2, 0) is 6.54 Å². The van der Waals surface area contributed by atoms with E-state index in [1.807, 2.05) is 0 Å². The van der Waals surface area contributed by atoms with Gasteiger partial charge >= 0.3 is 0 Å². The molecule has 6 heteroatoms. The number of nitrogens with two attached hydrogens (primary N) is 1. The first-order valence-electron chi connectivity index (χ1n) is 4.58. The van der Waals surface area contributed by atoms with Gasteiger partial charge < -0.3 is 10.3 Å². The molecule has 0 aromatic carbocycles. The number of anilines is 1. The van der Waals surface area contributed by atoms with Gasteiger partial charge in [-0.05, 0) is 22.0 Å². The summed E-state index contributed by atoms with van der Waals surface area (Å²) in [6.45, 7) is 0.476. The Morgan fingerprint density at radius 2 is 2.00 bits per heavy atom. The molecule has 2 N–H and O–H groups in total. The maximum Gasteiger partial charge on any atom is 0.218 e.